The molecule has 1 atom stereocenters. The van der Waals surface area contributed by atoms with Gasteiger partial charge in [-0.3, -0.25) is 9.59 Å². The fourth-order valence-corrected chi connectivity index (χ4v) is 3.25. The van der Waals surface area contributed by atoms with Crippen molar-refractivity contribution in [1.29, 1.82) is 0 Å². The van der Waals surface area contributed by atoms with Crippen molar-refractivity contribution >= 4 is 11.7 Å². The molecule has 112 valence electrons. The van der Waals surface area contributed by atoms with E-state index in [1.807, 2.05) is 0 Å². The zero-order valence-corrected chi connectivity index (χ0v) is 11.7. The molecule has 1 aliphatic heterocycles. The van der Waals surface area contributed by atoms with Crippen molar-refractivity contribution in [2.24, 2.45) is 5.92 Å². The molecule has 0 saturated carbocycles. The molecule has 3 rings (SSSR count). The lowest BCUT2D eigenvalue weighted by Crippen LogP contribution is -2.33. The number of rotatable bonds is 2. The lowest BCUT2D eigenvalue weighted by atomic mass is 9.80. The van der Waals surface area contributed by atoms with Gasteiger partial charge in [-0.2, -0.15) is 0 Å². The Morgan fingerprint density at radius 2 is 1.95 bits per heavy atom. The minimum Gasteiger partial charge on any atom is -0.343 e. The number of likely N-dealkylation sites (tertiary alicyclic amines) is 1. The molecule has 5 heteroatoms. The van der Waals surface area contributed by atoms with E-state index in [0.29, 0.717) is 12.8 Å². The van der Waals surface area contributed by atoms with E-state index < -0.39 is 17.6 Å². The van der Waals surface area contributed by atoms with Gasteiger partial charge in [-0.15, -0.1) is 0 Å². The number of amides is 1. The van der Waals surface area contributed by atoms with E-state index >= 15 is 0 Å². The van der Waals surface area contributed by atoms with E-state index in [2.05, 4.69) is 0 Å². The number of carbonyl (C=O) groups is 2. The third-order valence-electron chi connectivity index (χ3n) is 4.42. The molecule has 21 heavy (non-hydrogen) atoms. The van der Waals surface area contributed by atoms with Gasteiger partial charge < -0.3 is 4.90 Å². The van der Waals surface area contributed by atoms with Gasteiger partial charge in [0, 0.05) is 37.1 Å². The number of halogens is 2. The molecular weight excluding hydrogens is 276 g/mol. The van der Waals surface area contributed by atoms with Crippen LogP contribution in [0.2, 0.25) is 0 Å². The highest BCUT2D eigenvalue weighted by atomic mass is 19.1. The summed E-state index contributed by atoms with van der Waals surface area (Å²) in [5, 5.41) is 0. The molecule has 0 radical (unpaired) electrons. The molecule has 1 heterocycles. The molecule has 0 N–H and O–H groups in total. The quantitative estimate of drug-likeness (QED) is 0.841. The molecule has 1 aromatic carbocycles. The van der Waals surface area contributed by atoms with Crippen LogP contribution in [-0.4, -0.2) is 29.7 Å². The summed E-state index contributed by atoms with van der Waals surface area (Å²) in [4.78, 5) is 26.3. The number of Topliss-reactive ketones (excluding diaryl/α,β-unsaturated/α-hetero) is 1. The second-order valence-electron chi connectivity index (χ2n) is 5.81. The minimum absolute atomic E-state index is 0.0221. The third-order valence-corrected chi connectivity index (χ3v) is 4.42. The van der Waals surface area contributed by atoms with E-state index in [1.54, 1.807) is 4.90 Å². The molecular formula is C16H17F2NO2. The number of ketones is 1. The van der Waals surface area contributed by atoms with Gasteiger partial charge in [0.2, 0.25) is 5.91 Å². The van der Waals surface area contributed by atoms with Crippen LogP contribution in [0.5, 0.6) is 0 Å². The van der Waals surface area contributed by atoms with Crippen molar-refractivity contribution in [3.8, 4) is 0 Å². The molecule has 0 bridgehead atoms. The van der Waals surface area contributed by atoms with Crippen LogP contribution in [0, 0.1) is 17.6 Å². The SMILES string of the molecule is O=C1c2cc(F)cc(F)c2CCC1CC(=O)N1CCCC1. The van der Waals surface area contributed by atoms with Gasteiger partial charge in [-0.05, 0) is 37.3 Å². The van der Waals surface area contributed by atoms with E-state index in [4.69, 9.17) is 0 Å². The maximum absolute atomic E-state index is 13.7. The number of carbonyl (C=O) groups excluding carboxylic acids is 2. The Kier molecular flexibility index (Phi) is 3.74. The summed E-state index contributed by atoms with van der Waals surface area (Å²) < 4.78 is 27.0. The first-order valence-corrected chi connectivity index (χ1v) is 7.36. The zero-order chi connectivity index (χ0) is 15.0. The fourth-order valence-electron chi connectivity index (χ4n) is 3.25. The van der Waals surface area contributed by atoms with Gasteiger partial charge >= 0.3 is 0 Å². The molecule has 1 unspecified atom stereocenters. The largest absolute Gasteiger partial charge is 0.343 e. The van der Waals surface area contributed by atoms with E-state index in [0.717, 1.165) is 38.1 Å². The van der Waals surface area contributed by atoms with Crippen molar-refractivity contribution in [2.45, 2.75) is 32.1 Å². The molecule has 2 aliphatic rings. The summed E-state index contributed by atoms with van der Waals surface area (Å²) in [7, 11) is 0. The molecule has 3 nitrogen and oxygen atoms in total. The lowest BCUT2D eigenvalue weighted by molar-refractivity contribution is -0.130. The first kappa shape index (κ1) is 14.2. The van der Waals surface area contributed by atoms with Gasteiger partial charge in [0.1, 0.15) is 11.6 Å². The zero-order valence-electron chi connectivity index (χ0n) is 11.7. The average Bonchev–Trinajstić information content (AvgIpc) is 2.96. The van der Waals surface area contributed by atoms with Gasteiger partial charge in [-0.1, -0.05) is 0 Å². The van der Waals surface area contributed by atoms with Crippen LogP contribution in [0.4, 0.5) is 8.78 Å². The van der Waals surface area contributed by atoms with Crippen LogP contribution in [-0.2, 0) is 11.2 Å². The van der Waals surface area contributed by atoms with E-state index in [-0.39, 0.29) is 29.2 Å². The minimum atomic E-state index is -0.744. The lowest BCUT2D eigenvalue weighted by Gasteiger charge is -2.25. The number of hydrogen-bond acceptors (Lipinski definition) is 2. The van der Waals surface area contributed by atoms with Crippen molar-refractivity contribution in [3.05, 3.63) is 34.9 Å². The Morgan fingerprint density at radius 3 is 2.67 bits per heavy atom. The highest BCUT2D eigenvalue weighted by molar-refractivity contribution is 6.02. The Labute approximate surface area is 121 Å². The summed E-state index contributed by atoms with van der Waals surface area (Å²) in [5.41, 5.74) is 0.393. The Morgan fingerprint density at radius 1 is 1.24 bits per heavy atom. The molecule has 1 amide bonds. The number of nitrogens with zero attached hydrogens (tertiary/aromatic N) is 1. The summed E-state index contributed by atoms with van der Waals surface area (Å²) in [6.45, 7) is 1.50. The molecule has 0 aromatic heterocycles. The summed E-state index contributed by atoms with van der Waals surface area (Å²) in [6, 6.07) is 1.90. The topological polar surface area (TPSA) is 37.4 Å². The standard InChI is InChI=1S/C16H17F2NO2/c17-11-8-13-12(14(18)9-11)4-3-10(16(13)21)7-15(20)19-5-1-2-6-19/h8-10H,1-7H2. The van der Waals surface area contributed by atoms with Crippen LogP contribution in [0.25, 0.3) is 0 Å². The van der Waals surface area contributed by atoms with Crippen molar-refractivity contribution in [1.82, 2.24) is 4.90 Å². The molecule has 1 aromatic rings. The normalized spacial score (nSPS) is 21.5. The van der Waals surface area contributed by atoms with Gasteiger partial charge in [0.05, 0.1) is 0 Å². The Bertz CT molecular complexity index is 594. The maximum atomic E-state index is 13.7. The highest BCUT2D eigenvalue weighted by Crippen LogP contribution is 2.30. The summed E-state index contributed by atoms with van der Waals surface area (Å²) in [6.07, 6.45) is 2.99. The second kappa shape index (κ2) is 5.54. The van der Waals surface area contributed by atoms with Gasteiger partial charge in [-0.25, -0.2) is 8.78 Å². The van der Waals surface area contributed by atoms with Gasteiger partial charge in [0.15, 0.2) is 5.78 Å². The number of hydrogen-bond donors (Lipinski definition) is 0. The van der Waals surface area contributed by atoms with Crippen LogP contribution in [0.1, 0.15) is 41.6 Å². The van der Waals surface area contributed by atoms with Crippen LogP contribution in [0.3, 0.4) is 0 Å². The van der Waals surface area contributed by atoms with Gasteiger partial charge in [0.25, 0.3) is 0 Å². The monoisotopic (exact) mass is 293 g/mol. The van der Waals surface area contributed by atoms with Crippen molar-refractivity contribution < 1.29 is 18.4 Å². The molecule has 1 fully saturated rings. The first-order valence-electron chi connectivity index (χ1n) is 7.36. The Balaban J connectivity index is 1.77. The van der Waals surface area contributed by atoms with E-state index in [1.165, 1.54) is 0 Å². The van der Waals surface area contributed by atoms with Crippen molar-refractivity contribution in [2.75, 3.05) is 13.1 Å². The predicted molar refractivity (Wildman–Crippen MR) is 72.9 cm³/mol. The third kappa shape index (κ3) is 2.69. The number of fused-ring (bicyclic) bond motifs is 1. The molecule has 0 spiro atoms. The second-order valence-corrected chi connectivity index (χ2v) is 5.81. The van der Waals surface area contributed by atoms with Crippen LogP contribution >= 0.6 is 0 Å². The maximum Gasteiger partial charge on any atom is 0.223 e. The number of benzene rings is 1. The summed E-state index contributed by atoms with van der Waals surface area (Å²) >= 11 is 0. The molecule has 1 saturated heterocycles. The smallest absolute Gasteiger partial charge is 0.223 e. The summed E-state index contributed by atoms with van der Waals surface area (Å²) in [5.74, 6) is -2.19. The fraction of sp³-hybridized carbons (Fsp3) is 0.500. The van der Waals surface area contributed by atoms with Crippen LogP contribution in [0.15, 0.2) is 12.1 Å². The highest BCUT2D eigenvalue weighted by Gasteiger charge is 2.32. The Hall–Kier alpha value is -1.78. The molecule has 1 aliphatic carbocycles. The van der Waals surface area contributed by atoms with E-state index in [9.17, 15) is 18.4 Å². The average molecular weight is 293 g/mol. The predicted octanol–water partition coefficient (Wildman–Crippen LogP) is 2.72. The van der Waals surface area contributed by atoms with Crippen LogP contribution < -0.4 is 0 Å². The van der Waals surface area contributed by atoms with Crippen molar-refractivity contribution in [3.63, 3.8) is 0 Å². The first-order chi connectivity index (χ1) is 10.1.